The molecule has 11 heteroatoms. The Bertz CT molecular complexity index is 1190. The summed E-state index contributed by atoms with van der Waals surface area (Å²) in [6.45, 7) is 11.1. The van der Waals surface area contributed by atoms with Gasteiger partial charge in [0.15, 0.2) is 5.75 Å². The Labute approximate surface area is 208 Å². The molecule has 0 saturated carbocycles. The summed E-state index contributed by atoms with van der Waals surface area (Å²) in [6.07, 6.45) is 0. The van der Waals surface area contributed by atoms with E-state index in [0.29, 0.717) is 18.0 Å². The number of nitrogens with one attached hydrogen (secondary N) is 2. The van der Waals surface area contributed by atoms with E-state index in [-0.39, 0.29) is 46.0 Å². The van der Waals surface area contributed by atoms with E-state index < -0.39 is 0 Å². The number of hydrogen-bond donors (Lipinski definition) is 4. The quantitative estimate of drug-likeness (QED) is 0.299. The van der Waals surface area contributed by atoms with Crippen LogP contribution in [0.5, 0.6) is 5.75 Å². The molecule has 3 aromatic rings. The molecule has 2 aromatic heterocycles. The third kappa shape index (κ3) is 5.35. The molecule has 4 N–H and O–H groups in total. The zero-order valence-electron chi connectivity index (χ0n) is 20.7. The lowest BCUT2D eigenvalue weighted by Crippen LogP contribution is -2.47. The van der Waals surface area contributed by atoms with Gasteiger partial charge in [0.05, 0.1) is 11.3 Å². The van der Waals surface area contributed by atoms with Crippen LogP contribution in [-0.2, 0) is 0 Å². The number of carbonyl (C=O) groups is 1. The van der Waals surface area contributed by atoms with E-state index in [1.165, 1.54) is 4.88 Å². The maximum atomic E-state index is 13.0. The molecule has 0 unspecified atom stereocenters. The second kappa shape index (κ2) is 9.74. The van der Waals surface area contributed by atoms with E-state index in [9.17, 15) is 15.1 Å². The molecule has 1 aliphatic rings. The van der Waals surface area contributed by atoms with E-state index in [1.54, 1.807) is 34.4 Å². The van der Waals surface area contributed by atoms with E-state index in [2.05, 4.69) is 53.6 Å². The normalized spacial score (nSPS) is 15.7. The molecule has 0 spiro atoms. The molecule has 35 heavy (non-hydrogen) atoms. The molecule has 4 rings (SSSR count). The zero-order chi connectivity index (χ0) is 25.3. The second-order valence-electron chi connectivity index (χ2n) is 9.96. The first-order chi connectivity index (χ1) is 16.5. The smallest absolute Gasteiger partial charge is 0.366 e. The van der Waals surface area contributed by atoms with Crippen LogP contribution in [-0.4, -0.2) is 64.4 Å². The van der Waals surface area contributed by atoms with Crippen LogP contribution in [0.1, 0.15) is 46.9 Å². The number of phenols is 1. The van der Waals surface area contributed by atoms with Gasteiger partial charge in [-0.2, -0.15) is 0 Å². The summed E-state index contributed by atoms with van der Waals surface area (Å²) in [7, 11) is 2.02. The molecule has 1 atom stereocenters. The number of carbonyl (C=O) groups excluding carboxylic acids is 1. The van der Waals surface area contributed by atoms with E-state index >= 15 is 0 Å². The Morgan fingerprint density at radius 3 is 2.54 bits per heavy atom. The first-order valence-corrected chi connectivity index (χ1v) is 12.4. The molecule has 0 radical (unpaired) electrons. The minimum atomic E-state index is -0.226. The molecule has 1 aromatic carbocycles. The number of aromatic hydroxyl groups is 1. The maximum Gasteiger partial charge on any atom is 0.366 e. The molecular weight excluding hydrogens is 468 g/mol. The Morgan fingerprint density at radius 2 is 1.91 bits per heavy atom. The van der Waals surface area contributed by atoms with Crippen molar-refractivity contribution in [1.82, 2.24) is 15.0 Å². The number of amides is 1. The molecule has 1 fully saturated rings. The molecule has 3 heterocycles. The van der Waals surface area contributed by atoms with E-state index in [1.807, 2.05) is 14.0 Å². The zero-order valence-corrected chi connectivity index (χ0v) is 21.5. The lowest BCUT2D eigenvalue weighted by Gasteiger charge is -2.32. The summed E-state index contributed by atoms with van der Waals surface area (Å²) in [6, 6.07) is 8.90. The number of hydrogen-bond acceptors (Lipinski definition) is 9. The van der Waals surface area contributed by atoms with Crippen molar-refractivity contribution >= 4 is 34.6 Å². The van der Waals surface area contributed by atoms with Crippen LogP contribution in [0.3, 0.4) is 0 Å². The first-order valence-electron chi connectivity index (χ1n) is 11.6. The number of nitrogens with zero attached hydrogens (tertiary/aromatic N) is 4. The highest BCUT2D eigenvalue weighted by molar-refractivity contribution is 7.12. The van der Waals surface area contributed by atoms with Gasteiger partial charge in [-0.3, -0.25) is 10.1 Å². The van der Waals surface area contributed by atoms with Crippen molar-refractivity contribution in [3.8, 4) is 5.75 Å². The fourth-order valence-electron chi connectivity index (χ4n) is 4.04. The SMILES string of the molecule is Cc1ccc([C@H](Nc2c(Nc3cccc(C(=O)N4CCN(C)CC4)c3O)no[n+]2O)C(C)(C)C)s1. The minimum absolute atomic E-state index is 0.154. The van der Waals surface area contributed by atoms with Crippen molar-refractivity contribution in [2.75, 3.05) is 43.9 Å². The summed E-state index contributed by atoms with van der Waals surface area (Å²) >= 11 is 1.67. The van der Waals surface area contributed by atoms with Crippen LogP contribution in [0.15, 0.2) is 35.0 Å². The van der Waals surface area contributed by atoms with Gasteiger partial charge in [-0.15, -0.1) is 11.3 Å². The molecule has 188 valence electrons. The monoisotopic (exact) mass is 501 g/mol. The van der Waals surface area contributed by atoms with Gasteiger partial charge in [0.1, 0.15) is 16.1 Å². The predicted molar refractivity (Wildman–Crippen MR) is 134 cm³/mol. The Kier molecular flexibility index (Phi) is 6.91. The fraction of sp³-hybridized carbons (Fsp3) is 0.458. The highest BCUT2D eigenvalue weighted by Crippen LogP contribution is 2.40. The van der Waals surface area contributed by atoms with Crippen LogP contribution in [0.25, 0.3) is 0 Å². The van der Waals surface area contributed by atoms with Gasteiger partial charge in [0.25, 0.3) is 5.91 Å². The molecule has 1 amide bonds. The summed E-state index contributed by atoms with van der Waals surface area (Å²) in [5.41, 5.74) is 0.285. The molecular formula is C24H33N6O4S+. The van der Waals surface area contributed by atoms with Crippen molar-refractivity contribution in [3.05, 3.63) is 45.6 Å². The summed E-state index contributed by atoms with van der Waals surface area (Å²) in [5.74, 6) is -0.0346. The Hall–Kier alpha value is -3.31. The second-order valence-corrected chi connectivity index (χ2v) is 11.3. The Morgan fingerprint density at radius 1 is 1.20 bits per heavy atom. The summed E-state index contributed by atoms with van der Waals surface area (Å²) in [5, 5.41) is 31.5. The predicted octanol–water partition coefficient (Wildman–Crippen LogP) is 3.61. The number of thiophene rings is 1. The van der Waals surface area contributed by atoms with Gasteiger partial charge < -0.3 is 25.4 Å². The largest absolute Gasteiger partial charge is 0.505 e. The van der Waals surface area contributed by atoms with Crippen molar-refractivity contribution in [3.63, 3.8) is 0 Å². The van der Waals surface area contributed by atoms with Gasteiger partial charge >= 0.3 is 11.6 Å². The molecule has 10 nitrogen and oxygen atoms in total. The number of aromatic nitrogens is 2. The maximum absolute atomic E-state index is 13.0. The number of anilines is 3. The fourth-order valence-corrected chi connectivity index (χ4v) is 5.22. The molecule has 0 aliphatic carbocycles. The minimum Gasteiger partial charge on any atom is -0.505 e. The van der Waals surface area contributed by atoms with Gasteiger partial charge in [0, 0.05) is 41.3 Å². The topological polar surface area (TPSA) is 118 Å². The average Bonchev–Trinajstić information content (AvgIpc) is 3.38. The van der Waals surface area contributed by atoms with Crippen LogP contribution >= 0.6 is 11.3 Å². The third-order valence-corrected chi connectivity index (χ3v) is 7.19. The van der Waals surface area contributed by atoms with Crippen LogP contribution < -0.4 is 15.5 Å². The molecule has 0 bridgehead atoms. The standard InChI is InChI=1S/C24H32N6O4S/c1-15-9-10-18(35-15)20(24(2,3)4)26-22-21(27-34-30(22)33)25-17-8-6-7-16(19(17)31)23(32)29-13-11-28(5)12-14-29/h6-10,20,33H,11-14H2,1-5H3,(H2,25,26,27,31,32)/p+1/t20-/m0/s1. The van der Waals surface area contributed by atoms with Crippen molar-refractivity contribution in [2.45, 2.75) is 33.7 Å². The molecule has 1 aliphatic heterocycles. The van der Waals surface area contributed by atoms with E-state index in [0.717, 1.165) is 18.0 Å². The Balaban J connectivity index is 1.59. The highest BCUT2D eigenvalue weighted by atomic mass is 32.1. The van der Waals surface area contributed by atoms with Gasteiger partial charge in [0.2, 0.25) is 0 Å². The summed E-state index contributed by atoms with van der Waals surface area (Å²) < 4.78 is 4.98. The number of benzene rings is 1. The number of piperazine rings is 1. The van der Waals surface area contributed by atoms with Crippen LogP contribution in [0.2, 0.25) is 0 Å². The number of phenolic OH excluding ortho intramolecular Hbond substituents is 1. The van der Waals surface area contributed by atoms with E-state index in [4.69, 9.17) is 4.63 Å². The van der Waals surface area contributed by atoms with Gasteiger partial charge in [-0.1, -0.05) is 31.5 Å². The molecule has 1 saturated heterocycles. The van der Waals surface area contributed by atoms with Crippen LogP contribution in [0.4, 0.5) is 17.3 Å². The highest BCUT2D eigenvalue weighted by Gasteiger charge is 2.36. The van der Waals surface area contributed by atoms with Crippen molar-refractivity contribution in [1.29, 1.82) is 0 Å². The third-order valence-electron chi connectivity index (χ3n) is 6.13. The summed E-state index contributed by atoms with van der Waals surface area (Å²) in [4.78, 5) is 19.8. The lowest BCUT2D eigenvalue weighted by molar-refractivity contribution is -1.03. The van der Waals surface area contributed by atoms with Crippen molar-refractivity contribution < 1.29 is 24.6 Å². The van der Waals surface area contributed by atoms with Crippen molar-refractivity contribution in [2.24, 2.45) is 5.41 Å². The number of likely N-dealkylation sites (N-methyl/N-ethyl adjacent to an activating group) is 1. The number of rotatable bonds is 6. The average molecular weight is 502 g/mol. The van der Waals surface area contributed by atoms with Gasteiger partial charge in [-0.05, 0) is 38.2 Å². The number of aryl methyl sites for hydroxylation is 1. The first kappa shape index (κ1) is 24.8. The van der Waals surface area contributed by atoms with Crippen LogP contribution in [0, 0.1) is 12.3 Å². The lowest BCUT2D eigenvalue weighted by atomic mass is 9.86. The number of para-hydroxylation sites is 1. The van der Waals surface area contributed by atoms with Gasteiger partial charge in [-0.25, -0.2) is 0 Å².